The van der Waals surface area contributed by atoms with Gasteiger partial charge in [-0.3, -0.25) is 4.79 Å². The van der Waals surface area contributed by atoms with E-state index in [0.29, 0.717) is 11.0 Å². The maximum absolute atomic E-state index is 13.1. The molecule has 2 aliphatic rings. The molecule has 27 heavy (non-hydrogen) atoms. The fourth-order valence-corrected chi connectivity index (χ4v) is 5.45. The van der Waals surface area contributed by atoms with Gasteiger partial charge in [0.2, 0.25) is 0 Å². The first kappa shape index (κ1) is 20.6. The highest BCUT2D eigenvalue weighted by Crippen LogP contribution is 2.35. The van der Waals surface area contributed by atoms with Gasteiger partial charge in [-0.2, -0.15) is 11.8 Å². The maximum atomic E-state index is 13.1. The monoisotopic (exact) mass is 408 g/mol. The molecule has 0 radical (unpaired) electrons. The number of para-hydroxylation sites is 1. The van der Waals surface area contributed by atoms with Crippen LogP contribution >= 0.6 is 24.2 Å². The van der Waals surface area contributed by atoms with Gasteiger partial charge in [0.15, 0.2) is 5.76 Å². The van der Waals surface area contributed by atoms with Gasteiger partial charge in [0.05, 0.1) is 0 Å². The van der Waals surface area contributed by atoms with Crippen LogP contribution in [0.2, 0.25) is 0 Å². The van der Waals surface area contributed by atoms with Crippen molar-refractivity contribution in [1.29, 1.82) is 0 Å². The third-order valence-corrected chi connectivity index (χ3v) is 7.13. The van der Waals surface area contributed by atoms with Crippen LogP contribution in [0.4, 0.5) is 0 Å². The van der Waals surface area contributed by atoms with Crippen LogP contribution in [0.3, 0.4) is 0 Å². The van der Waals surface area contributed by atoms with Crippen molar-refractivity contribution in [2.75, 3.05) is 13.1 Å². The molecule has 2 N–H and O–H groups in total. The third kappa shape index (κ3) is 4.64. The molecule has 0 unspecified atom stereocenters. The number of hydrogen-bond acceptors (Lipinski definition) is 4. The molecule has 0 atom stereocenters. The summed E-state index contributed by atoms with van der Waals surface area (Å²) in [5.41, 5.74) is 7.90. The lowest BCUT2D eigenvalue weighted by molar-refractivity contribution is 0.0684. The van der Waals surface area contributed by atoms with E-state index in [0.717, 1.165) is 48.2 Å². The van der Waals surface area contributed by atoms with Gasteiger partial charge in [0.25, 0.3) is 5.91 Å². The quantitative estimate of drug-likeness (QED) is 0.774. The first-order valence-electron chi connectivity index (χ1n) is 9.89. The lowest BCUT2D eigenvalue weighted by Crippen LogP contribution is -2.42. The molecule has 1 aliphatic carbocycles. The van der Waals surface area contributed by atoms with E-state index in [2.05, 4.69) is 6.07 Å². The number of carbonyl (C=O) groups is 1. The summed E-state index contributed by atoms with van der Waals surface area (Å²) in [6, 6.07) is 8.26. The molecule has 2 heterocycles. The number of carbonyl (C=O) groups excluding carboxylic acids is 1. The highest BCUT2D eigenvalue weighted by Gasteiger charge is 2.28. The normalized spacial score (nSPS) is 19.2. The molecule has 4 nitrogen and oxygen atoms in total. The fraction of sp³-hybridized carbons (Fsp3) is 0.571. The highest BCUT2D eigenvalue weighted by atomic mass is 35.5. The number of fused-ring (bicyclic) bond motifs is 1. The molecule has 0 spiro atoms. The Morgan fingerprint density at radius 1 is 1.11 bits per heavy atom. The molecule has 148 valence electrons. The third-order valence-electron chi connectivity index (χ3n) is 5.73. The van der Waals surface area contributed by atoms with Crippen molar-refractivity contribution in [1.82, 2.24) is 4.90 Å². The van der Waals surface area contributed by atoms with Crippen LogP contribution < -0.4 is 5.73 Å². The number of hydrogen-bond donors (Lipinski definition) is 1. The van der Waals surface area contributed by atoms with Crippen LogP contribution in [-0.2, 0) is 5.75 Å². The Morgan fingerprint density at radius 2 is 1.81 bits per heavy atom. The van der Waals surface area contributed by atoms with Gasteiger partial charge in [0, 0.05) is 41.1 Å². The van der Waals surface area contributed by atoms with Gasteiger partial charge in [-0.05, 0) is 31.7 Å². The number of likely N-dealkylation sites (tertiary alicyclic amines) is 1. The molecule has 6 heteroatoms. The van der Waals surface area contributed by atoms with Crippen molar-refractivity contribution < 1.29 is 9.21 Å². The molecule has 1 saturated heterocycles. The summed E-state index contributed by atoms with van der Waals surface area (Å²) in [6.07, 6.45) is 8.39. The van der Waals surface area contributed by atoms with Crippen LogP contribution in [0.15, 0.2) is 28.7 Å². The summed E-state index contributed by atoms with van der Waals surface area (Å²) < 4.78 is 6.05. The van der Waals surface area contributed by atoms with E-state index in [-0.39, 0.29) is 24.4 Å². The van der Waals surface area contributed by atoms with Crippen LogP contribution in [0.25, 0.3) is 11.0 Å². The van der Waals surface area contributed by atoms with E-state index in [9.17, 15) is 4.79 Å². The summed E-state index contributed by atoms with van der Waals surface area (Å²) in [6.45, 7) is 1.46. The van der Waals surface area contributed by atoms with Crippen LogP contribution in [-0.4, -0.2) is 35.2 Å². The van der Waals surface area contributed by atoms with E-state index < -0.39 is 0 Å². The zero-order chi connectivity index (χ0) is 17.9. The Kier molecular flexibility index (Phi) is 7.12. The lowest BCUT2D eigenvalue weighted by atomic mass is 10.0. The molecule has 1 saturated carbocycles. The predicted molar refractivity (Wildman–Crippen MR) is 115 cm³/mol. The number of amides is 1. The summed E-state index contributed by atoms with van der Waals surface area (Å²) >= 11 is 2.00. The van der Waals surface area contributed by atoms with E-state index in [4.69, 9.17) is 10.2 Å². The molecule has 1 aromatic heterocycles. The zero-order valence-corrected chi connectivity index (χ0v) is 17.3. The molecule has 4 rings (SSSR count). The minimum atomic E-state index is 0. The summed E-state index contributed by atoms with van der Waals surface area (Å²) in [4.78, 5) is 15.0. The Bertz CT molecular complexity index is 765. The smallest absolute Gasteiger partial charge is 0.289 e. The van der Waals surface area contributed by atoms with E-state index in [1.54, 1.807) is 0 Å². The van der Waals surface area contributed by atoms with Crippen molar-refractivity contribution >= 4 is 41.0 Å². The molecule has 2 fully saturated rings. The van der Waals surface area contributed by atoms with Crippen LogP contribution in [0.1, 0.15) is 61.1 Å². The van der Waals surface area contributed by atoms with Crippen LogP contribution in [0, 0.1) is 0 Å². The number of piperidine rings is 1. The first-order chi connectivity index (χ1) is 12.7. The number of nitrogens with zero attached hydrogens (tertiary/aromatic N) is 1. The largest absolute Gasteiger partial charge is 0.451 e. The number of halogens is 1. The Morgan fingerprint density at radius 3 is 2.56 bits per heavy atom. The molecule has 1 aliphatic heterocycles. The Hall–Kier alpha value is -1.17. The van der Waals surface area contributed by atoms with Crippen LogP contribution in [0.5, 0.6) is 0 Å². The lowest BCUT2D eigenvalue weighted by Gasteiger charge is -2.29. The van der Waals surface area contributed by atoms with Gasteiger partial charge >= 0.3 is 0 Å². The van der Waals surface area contributed by atoms with Gasteiger partial charge in [-0.1, -0.05) is 37.5 Å². The average Bonchev–Trinajstić information content (AvgIpc) is 3.06. The van der Waals surface area contributed by atoms with Crippen molar-refractivity contribution in [2.24, 2.45) is 5.73 Å². The second-order valence-electron chi connectivity index (χ2n) is 7.61. The summed E-state index contributed by atoms with van der Waals surface area (Å²) in [5, 5.41) is 1.81. The first-order valence-corrected chi connectivity index (χ1v) is 10.9. The average molecular weight is 409 g/mol. The van der Waals surface area contributed by atoms with Crippen molar-refractivity contribution in [2.45, 2.75) is 62.0 Å². The summed E-state index contributed by atoms with van der Waals surface area (Å²) in [5.74, 6) is 1.44. The van der Waals surface area contributed by atoms with Gasteiger partial charge in [-0.25, -0.2) is 0 Å². The SMILES string of the molecule is Cl.NC1CCN(C(=O)c2oc3ccccc3c2CSC2CCCCC2)CC1. The Balaban J connectivity index is 0.00000210. The standard InChI is InChI=1S/C21H28N2O2S.ClH/c22-15-10-12-23(13-11-15)21(24)20-18(14-26-16-6-2-1-3-7-16)17-8-4-5-9-19(17)25-20;/h4-5,8-9,15-16H,1-3,6-7,10-14,22H2;1H. The molecule has 0 bridgehead atoms. The highest BCUT2D eigenvalue weighted by molar-refractivity contribution is 7.99. The van der Waals surface area contributed by atoms with Gasteiger partial charge < -0.3 is 15.1 Å². The molecular weight excluding hydrogens is 380 g/mol. The second kappa shape index (κ2) is 9.35. The molecular formula is C21H29ClN2O2S. The van der Waals surface area contributed by atoms with E-state index >= 15 is 0 Å². The number of benzene rings is 1. The van der Waals surface area contributed by atoms with Crippen molar-refractivity contribution in [3.63, 3.8) is 0 Å². The topological polar surface area (TPSA) is 59.5 Å². The van der Waals surface area contributed by atoms with Crippen molar-refractivity contribution in [3.8, 4) is 0 Å². The number of furan rings is 1. The maximum Gasteiger partial charge on any atom is 0.289 e. The molecule has 1 amide bonds. The molecule has 1 aromatic carbocycles. The fourth-order valence-electron chi connectivity index (χ4n) is 4.09. The second-order valence-corrected chi connectivity index (χ2v) is 8.90. The van der Waals surface area contributed by atoms with Crippen molar-refractivity contribution in [3.05, 3.63) is 35.6 Å². The predicted octanol–water partition coefficient (Wildman–Crippen LogP) is 4.98. The minimum absolute atomic E-state index is 0. The van der Waals surface area contributed by atoms with E-state index in [1.807, 2.05) is 34.9 Å². The minimum Gasteiger partial charge on any atom is -0.451 e. The van der Waals surface area contributed by atoms with E-state index in [1.165, 1.54) is 32.1 Å². The number of nitrogens with two attached hydrogens (primary N) is 1. The summed E-state index contributed by atoms with van der Waals surface area (Å²) in [7, 11) is 0. The Labute approximate surface area is 171 Å². The zero-order valence-electron chi connectivity index (χ0n) is 15.7. The number of thioether (sulfide) groups is 1. The molecule has 2 aromatic rings. The number of rotatable bonds is 4. The van der Waals surface area contributed by atoms with Gasteiger partial charge in [0.1, 0.15) is 5.58 Å². The van der Waals surface area contributed by atoms with Gasteiger partial charge in [-0.15, -0.1) is 12.4 Å².